The molecule has 1 saturated carbocycles. The van der Waals surface area contributed by atoms with E-state index in [0.717, 1.165) is 6.42 Å². The minimum absolute atomic E-state index is 0.0934. The van der Waals surface area contributed by atoms with Crippen LogP contribution in [0, 0.1) is 5.92 Å². The number of esters is 1. The second-order valence-electron chi connectivity index (χ2n) is 3.62. The van der Waals surface area contributed by atoms with Crippen LogP contribution in [-0.2, 0) is 9.53 Å². The highest BCUT2D eigenvalue weighted by molar-refractivity contribution is 5.71. The van der Waals surface area contributed by atoms with Crippen LogP contribution in [0.1, 0.15) is 39.5 Å². The summed E-state index contributed by atoms with van der Waals surface area (Å²) in [7, 11) is 0. The van der Waals surface area contributed by atoms with Gasteiger partial charge in [-0.1, -0.05) is 19.1 Å². The van der Waals surface area contributed by atoms with Gasteiger partial charge in [-0.25, -0.2) is 0 Å². The topological polar surface area (TPSA) is 26.3 Å². The van der Waals surface area contributed by atoms with Crippen LogP contribution in [0.5, 0.6) is 0 Å². The molecule has 0 aromatic rings. The van der Waals surface area contributed by atoms with E-state index in [-0.39, 0.29) is 12.1 Å². The fraction of sp³-hybridized carbons (Fsp3) is 0.727. The Morgan fingerprint density at radius 2 is 2.23 bits per heavy atom. The molecule has 1 fully saturated rings. The first-order valence-corrected chi connectivity index (χ1v) is 5.08. The molecule has 0 radical (unpaired) electrons. The Balaban J connectivity index is 2.12. The van der Waals surface area contributed by atoms with E-state index >= 15 is 0 Å². The van der Waals surface area contributed by atoms with Gasteiger partial charge in [0.2, 0.25) is 0 Å². The lowest BCUT2D eigenvalue weighted by Crippen LogP contribution is -2.15. The molecular weight excluding hydrogens is 164 g/mol. The molecule has 1 aliphatic rings. The van der Waals surface area contributed by atoms with Crippen molar-refractivity contribution in [2.45, 2.75) is 45.6 Å². The Morgan fingerprint density at radius 3 is 2.77 bits per heavy atom. The van der Waals surface area contributed by atoms with E-state index in [1.165, 1.54) is 12.8 Å². The molecular formula is C11H18O2. The summed E-state index contributed by atoms with van der Waals surface area (Å²) in [6, 6.07) is 0. The highest BCUT2D eigenvalue weighted by Crippen LogP contribution is 2.34. The largest absolute Gasteiger partial charge is 0.462 e. The summed E-state index contributed by atoms with van der Waals surface area (Å²) in [4.78, 5) is 11.2. The van der Waals surface area contributed by atoms with Crippen LogP contribution in [0.2, 0.25) is 0 Å². The average Bonchev–Trinajstić information content (AvgIpc) is 2.86. The van der Waals surface area contributed by atoms with Crippen LogP contribution < -0.4 is 0 Å². The normalized spacial score (nSPS) is 18.9. The van der Waals surface area contributed by atoms with Crippen molar-refractivity contribution < 1.29 is 9.53 Å². The van der Waals surface area contributed by atoms with Crippen molar-refractivity contribution in [3.8, 4) is 0 Å². The molecule has 0 aromatic carbocycles. The minimum atomic E-state index is -0.0934. The van der Waals surface area contributed by atoms with Gasteiger partial charge in [-0.3, -0.25) is 4.79 Å². The van der Waals surface area contributed by atoms with Crippen LogP contribution in [0.25, 0.3) is 0 Å². The van der Waals surface area contributed by atoms with E-state index in [0.29, 0.717) is 12.3 Å². The van der Waals surface area contributed by atoms with Gasteiger partial charge >= 0.3 is 5.97 Å². The zero-order chi connectivity index (χ0) is 9.68. The third-order valence-corrected chi connectivity index (χ3v) is 2.29. The Hall–Kier alpha value is -0.790. The Labute approximate surface area is 80.0 Å². The van der Waals surface area contributed by atoms with Crippen LogP contribution in [-0.4, -0.2) is 12.1 Å². The quantitative estimate of drug-likeness (QED) is 0.482. The molecule has 0 aliphatic heterocycles. The fourth-order valence-corrected chi connectivity index (χ4v) is 1.26. The summed E-state index contributed by atoms with van der Waals surface area (Å²) in [6.45, 7) is 4.04. The molecule has 0 N–H and O–H groups in total. The predicted octanol–water partition coefficient (Wildman–Crippen LogP) is 2.68. The Kier molecular flexibility index (Phi) is 4.00. The SMILES string of the molecule is CCC=CCC(=O)OC(C)C1CC1. The van der Waals surface area contributed by atoms with Gasteiger partial charge in [-0.05, 0) is 32.1 Å². The second kappa shape index (κ2) is 5.05. The number of ether oxygens (including phenoxy) is 1. The number of allylic oxidation sites excluding steroid dienone is 1. The smallest absolute Gasteiger partial charge is 0.309 e. The van der Waals surface area contributed by atoms with Crippen molar-refractivity contribution in [2.75, 3.05) is 0 Å². The monoisotopic (exact) mass is 182 g/mol. The van der Waals surface area contributed by atoms with E-state index in [1.54, 1.807) is 0 Å². The third kappa shape index (κ3) is 4.11. The van der Waals surface area contributed by atoms with Gasteiger partial charge in [0.05, 0.1) is 6.42 Å². The van der Waals surface area contributed by atoms with Gasteiger partial charge in [0.15, 0.2) is 0 Å². The highest BCUT2D eigenvalue weighted by Gasteiger charge is 2.30. The van der Waals surface area contributed by atoms with Crippen molar-refractivity contribution in [3.05, 3.63) is 12.2 Å². The molecule has 2 heteroatoms. The zero-order valence-corrected chi connectivity index (χ0v) is 8.45. The summed E-state index contributed by atoms with van der Waals surface area (Å²) in [6.07, 6.45) is 7.84. The molecule has 1 atom stereocenters. The van der Waals surface area contributed by atoms with Crippen molar-refractivity contribution >= 4 is 5.97 Å². The highest BCUT2D eigenvalue weighted by atomic mass is 16.5. The number of carbonyl (C=O) groups is 1. The van der Waals surface area contributed by atoms with Crippen molar-refractivity contribution in [3.63, 3.8) is 0 Å². The van der Waals surface area contributed by atoms with Crippen molar-refractivity contribution in [1.82, 2.24) is 0 Å². The minimum Gasteiger partial charge on any atom is -0.462 e. The fourth-order valence-electron chi connectivity index (χ4n) is 1.26. The summed E-state index contributed by atoms with van der Waals surface area (Å²) in [5.41, 5.74) is 0. The molecule has 0 spiro atoms. The summed E-state index contributed by atoms with van der Waals surface area (Å²) < 4.78 is 5.23. The van der Waals surface area contributed by atoms with E-state index in [1.807, 2.05) is 19.1 Å². The average molecular weight is 182 g/mol. The number of hydrogen-bond donors (Lipinski definition) is 0. The molecule has 0 saturated heterocycles. The van der Waals surface area contributed by atoms with E-state index in [9.17, 15) is 4.79 Å². The third-order valence-electron chi connectivity index (χ3n) is 2.29. The first-order chi connectivity index (χ1) is 6.24. The summed E-state index contributed by atoms with van der Waals surface area (Å²) in [5, 5.41) is 0. The number of carbonyl (C=O) groups excluding carboxylic acids is 1. The first kappa shape index (κ1) is 10.3. The van der Waals surface area contributed by atoms with Crippen LogP contribution in [0.3, 0.4) is 0 Å². The van der Waals surface area contributed by atoms with Gasteiger partial charge < -0.3 is 4.74 Å². The number of hydrogen-bond acceptors (Lipinski definition) is 2. The molecule has 1 unspecified atom stereocenters. The molecule has 74 valence electrons. The maximum Gasteiger partial charge on any atom is 0.309 e. The zero-order valence-electron chi connectivity index (χ0n) is 8.45. The van der Waals surface area contributed by atoms with Crippen molar-refractivity contribution in [2.24, 2.45) is 5.92 Å². The molecule has 0 amide bonds. The second-order valence-corrected chi connectivity index (χ2v) is 3.62. The van der Waals surface area contributed by atoms with Gasteiger partial charge in [0, 0.05) is 0 Å². The molecule has 13 heavy (non-hydrogen) atoms. The summed E-state index contributed by atoms with van der Waals surface area (Å²) in [5.74, 6) is 0.545. The van der Waals surface area contributed by atoms with Gasteiger partial charge in [0.1, 0.15) is 6.10 Å². The van der Waals surface area contributed by atoms with Crippen molar-refractivity contribution in [1.29, 1.82) is 0 Å². The lowest BCUT2D eigenvalue weighted by atomic mass is 10.2. The first-order valence-electron chi connectivity index (χ1n) is 5.08. The Bertz CT molecular complexity index is 192. The number of rotatable bonds is 5. The molecule has 2 nitrogen and oxygen atoms in total. The van der Waals surface area contributed by atoms with Crippen LogP contribution in [0.15, 0.2) is 12.2 Å². The molecule has 0 heterocycles. The van der Waals surface area contributed by atoms with Gasteiger partial charge in [0.25, 0.3) is 0 Å². The van der Waals surface area contributed by atoms with Gasteiger partial charge in [-0.2, -0.15) is 0 Å². The summed E-state index contributed by atoms with van der Waals surface area (Å²) >= 11 is 0. The molecule has 0 aromatic heterocycles. The lowest BCUT2D eigenvalue weighted by Gasteiger charge is -2.10. The van der Waals surface area contributed by atoms with E-state index in [4.69, 9.17) is 4.74 Å². The predicted molar refractivity (Wildman–Crippen MR) is 52.3 cm³/mol. The maximum atomic E-state index is 11.2. The Morgan fingerprint density at radius 1 is 1.54 bits per heavy atom. The maximum absolute atomic E-state index is 11.2. The molecule has 1 aliphatic carbocycles. The van der Waals surface area contributed by atoms with E-state index in [2.05, 4.69) is 6.92 Å². The van der Waals surface area contributed by atoms with Crippen LogP contribution in [0.4, 0.5) is 0 Å². The van der Waals surface area contributed by atoms with Gasteiger partial charge in [-0.15, -0.1) is 0 Å². The molecule has 1 rings (SSSR count). The lowest BCUT2D eigenvalue weighted by molar-refractivity contribution is -0.148. The standard InChI is InChI=1S/C11H18O2/c1-3-4-5-6-11(12)13-9(2)10-7-8-10/h4-5,9-10H,3,6-8H2,1-2H3. The van der Waals surface area contributed by atoms with Crippen LogP contribution >= 0.6 is 0 Å². The van der Waals surface area contributed by atoms with E-state index < -0.39 is 0 Å². The molecule has 0 bridgehead atoms.